The summed E-state index contributed by atoms with van der Waals surface area (Å²) in [6.07, 6.45) is 2.02. The first-order valence-electron chi connectivity index (χ1n) is 9.44. The van der Waals surface area contributed by atoms with Gasteiger partial charge in [0.05, 0.1) is 24.9 Å². The highest BCUT2D eigenvalue weighted by atomic mass is 79.9. The molecule has 1 aromatic heterocycles. The second kappa shape index (κ2) is 8.88. The number of rotatable bonds is 5. The maximum absolute atomic E-state index is 13.9. The number of aryl methyl sites for hydroxylation is 1. The van der Waals surface area contributed by atoms with E-state index in [1.54, 1.807) is 18.2 Å². The molecule has 150 valence electrons. The number of nitrogens with zero attached hydrogens (tertiary/aromatic N) is 2. The predicted molar refractivity (Wildman–Crippen MR) is 110 cm³/mol. The molecule has 0 bridgehead atoms. The molecule has 0 saturated carbocycles. The summed E-state index contributed by atoms with van der Waals surface area (Å²) in [4.78, 5) is 18.7. The number of morpholine rings is 1. The highest BCUT2D eigenvalue weighted by molar-refractivity contribution is 9.10. The topological polar surface area (TPSA) is 55.6 Å². The number of amides is 1. The zero-order valence-corrected chi connectivity index (χ0v) is 17.3. The molecule has 1 unspecified atom stereocenters. The number of carbonyl (C=O) groups excluding carboxylic acids is 1. The van der Waals surface area contributed by atoms with Gasteiger partial charge in [-0.3, -0.25) is 4.79 Å². The van der Waals surface area contributed by atoms with Gasteiger partial charge in [0.2, 0.25) is 5.91 Å². The SMILES string of the molecule is O=C(CCc1ncc(-c2ccccc2F)o1)N1CCOC(c2ccc(Br)cc2)C1. The lowest BCUT2D eigenvalue weighted by Gasteiger charge is -2.33. The van der Waals surface area contributed by atoms with Gasteiger partial charge in [0.25, 0.3) is 0 Å². The molecule has 7 heteroatoms. The number of hydrogen-bond donors (Lipinski definition) is 0. The van der Waals surface area contributed by atoms with Crippen molar-refractivity contribution < 1.29 is 18.3 Å². The van der Waals surface area contributed by atoms with E-state index in [-0.39, 0.29) is 24.2 Å². The van der Waals surface area contributed by atoms with Crippen LogP contribution in [-0.4, -0.2) is 35.5 Å². The zero-order valence-electron chi connectivity index (χ0n) is 15.7. The molecule has 1 saturated heterocycles. The molecule has 1 fully saturated rings. The van der Waals surface area contributed by atoms with Gasteiger partial charge in [-0.25, -0.2) is 9.37 Å². The van der Waals surface area contributed by atoms with E-state index < -0.39 is 0 Å². The summed E-state index contributed by atoms with van der Waals surface area (Å²) in [6, 6.07) is 14.3. The Kier molecular flexibility index (Phi) is 6.06. The molecule has 1 amide bonds. The minimum absolute atomic E-state index is 0.0288. The summed E-state index contributed by atoms with van der Waals surface area (Å²) in [5.74, 6) is 0.459. The van der Waals surface area contributed by atoms with Gasteiger partial charge >= 0.3 is 0 Å². The van der Waals surface area contributed by atoms with E-state index in [1.165, 1.54) is 12.3 Å². The first kappa shape index (κ1) is 19.8. The molecule has 1 aliphatic rings. The second-order valence-corrected chi connectivity index (χ2v) is 7.76. The van der Waals surface area contributed by atoms with Crippen LogP contribution in [0.4, 0.5) is 4.39 Å². The molecule has 0 radical (unpaired) electrons. The third-order valence-electron chi connectivity index (χ3n) is 4.91. The molecule has 4 rings (SSSR count). The summed E-state index contributed by atoms with van der Waals surface area (Å²) in [5.41, 5.74) is 1.41. The van der Waals surface area contributed by atoms with Crippen LogP contribution in [0.15, 0.2) is 63.6 Å². The summed E-state index contributed by atoms with van der Waals surface area (Å²) in [6.45, 7) is 1.59. The van der Waals surface area contributed by atoms with Crippen molar-refractivity contribution in [1.82, 2.24) is 9.88 Å². The van der Waals surface area contributed by atoms with Gasteiger partial charge in [-0.15, -0.1) is 0 Å². The second-order valence-electron chi connectivity index (χ2n) is 6.85. The fourth-order valence-electron chi connectivity index (χ4n) is 3.34. The van der Waals surface area contributed by atoms with E-state index in [4.69, 9.17) is 9.15 Å². The van der Waals surface area contributed by atoms with E-state index in [2.05, 4.69) is 20.9 Å². The van der Waals surface area contributed by atoms with Crippen molar-refractivity contribution in [3.05, 3.63) is 76.5 Å². The molecular weight excluding hydrogens is 439 g/mol. The van der Waals surface area contributed by atoms with Gasteiger partial charge < -0.3 is 14.1 Å². The Morgan fingerprint density at radius 3 is 2.79 bits per heavy atom. The zero-order chi connectivity index (χ0) is 20.2. The lowest BCUT2D eigenvalue weighted by Crippen LogP contribution is -2.42. The van der Waals surface area contributed by atoms with Gasteiger partial charge in [0, 0.05) is 23.9 Å². The van der Waals surface area contributed by atoms with Crippen LogP contribution in [0.3, 0.4) is 0 Å². The van der Waals surface area contributed by atoms with E-state index in [9.17, 15) is 9.18 Å². The largest absolute Gasteiger partial charge is 0.441 e. The molecule has 0 spiro atoms. The van der Waals surface area contributed by atoms with Gasteiger partial charge in [0.15, 0.2) is 11.7 Å². The van der Waals surface area contributed by atoms with Crippen LogP contribution < -0.4 is 0 Å². The van der Waals surface area contributed by atoms with Crippen LogP contribution in [0.5, 0.6) is 0 Å². The molecular formula is C22H20BrFN2O3. The van der Waals surface area contributed by atoms with Gasteiger partial charge in [-0.1, -0.05) is 40.2 Å². The van der Waals surface area contributed by atoms with E-state index in [0.717, 1.165) is 10.0 Å². The first-order valence-corrected chi connectivity index (χ1v) is 10.2. The van der Waals surface area contributed by atoms with Crippen molar-refractivity contribution in [3.63, 3.8) is 0 Å². The Labute approximate surface area is 176 Å². The Morgan fingerprint density at radius 2 is 2.00 bits per heavy atom. The van der Waals surface area contributed by atoms with Crippen molar-refractivity contribution >= 4 is 21.8 Å². The maximum Gasteiger partial charge on any atom is 0.223 e. The van der Waals surface area contributed by atoms with Crippen molar-refractivity contribution in [2.45, 2.75) is 18.9 Å². The molecule has 29 heavy (non-hydrogen) atoms. The number of hydrogen-bond acceptors (Lipinski definition) is 4. The lowest BCUT2D eigenvalue weighted by molar-refractivity contribution is -0.139. The molecule has 3 aromatic rings. The number of halogens is 2. The molecule has 2 aromatic carbocycles. The number of carbonyl (C=O) groups is 1. The summed E-state index contributed by atoms with van der Waals surface area (Å²) in [5, 5.41) is 0. The predicted octanol–water partition coefficient (Wildman–Crippen LogP) is 4.78. The molecule has 0 aliphatic carbocycles. The Hall–Kier alpha value is -2.51. The number of oxazole rings is 1. The quantitative estimate of drug-likeness (QED) is 0.552. The van der Waals surface area contributed by atoms with Crippen LogP contribution in [0.2, 0.25) is 0 Å². The summed E-state index contributed by atoms with van der Waals surface area (Å²) >= 11 is 3.43. The number of ether oxygens (including phenoxy) is 1. The molecule has 2 heterocycles. The van der Waals surface area contributed by atoms with Crippen molar-refractivity contribution in [2.75, 3.05) is 19.7 Å². The van der Waals surface area contributed by atoms with Crippen molar-refractivity contribution in [3.8, 4) is 11.3 Å². The molecule has 5 nitrogen and oxygen atoms in total. The minimum Gasteiger partial charge on any atom is -0.441 e. The highest BCUT2D eigenvalue weighted by Gasteiger charge is 2.25. The van der Waals surface area contributed by atoms with E-state index in [1.807, 2.05) is 29.2 Å². The third kappa shape index (κ3) is 4.74. The van der Waals surface area contributed by atoms with E-state index >= 15 is 0 Å². The number of aromatic nitrogens is 1. The summed E-state index contributed by atoms with van der Waals surface area (Å²) < 4.78 is 26.4. The Balaban J connectivity index is 1.35. The average Bonchev–Trinajstić information content (AvgIpc) is 3.22. The van der Waals surface area contributed by atoms with E-state index in [0.29, 0.717) is 43.3 Å². The standard InChI is InChI=1S/C22H20BrFN2O3/c23-16-7-5-15(6-8-16)20-14-26(11-12-28-20)22(27)10-9-21-25-13-19(29-21)17-3-1-2-4-18(17)24/h1-8,13,20H,9-12,14H2. The summed E-state index contributed by atoms with van der Waals surface area (Å²) in [7, 11) is 0. The lowest BCUT2D eigenvalue weighted by atomic mass is 10.1. The molecule has 0 N–H and O–H groups in total. The maximum atomic E-state index is 13.9. The normalized spacial score (nSPS) is 16.8. The Bertz CT molecular complexity index is 990. The smallest absolute Gasteiger partial charge is 0.223 e. The van der Waals surface area contributed by atoms with Crippen molar-refractivity contribution in [1.29, 1.82) is 0 Å². The van der Waals surface area contributed by atoms with Crippen LogP contribution >= 0.6 is 15.9 Å². The van der Waals surface area contributed by atoms with Gasteiger partial charge in [-0.05, 0) is 29.8 Å². The third-order valence-corrected chi connectivity index (χ3v) is 5.44. The first-order chi connectivity index (χ1) is 14.1. The number of benzene rings is 2. The average molecular weight is 459 g/mol. The van der Waals surface area contributed by atoms with Crippen LogP contribution in [0, 0.1) is 5.82 Å². The van der Waals surface area contributed by atoms with Gasteiger partial charge in [0.1, 0.15) is 11.9 Å². The highest BCUT2D eigenvalue weighted by Crippen LogP contribution is 2.26. The molecule has 1 aliphatic heterocycles. The minimum atomic E-state index is -0.362. The van der Waals surface area contributed by atoms with Crippen LogP contribution in [-0.2, 0) is 16.0 Å². The van der Waals surface area contributed by atoms with Gasteiger partial charge in [-0.2, -0.15) is 0 Å². The van der Waals surface area contributed by atoms with Crippen LogP contribution in [0.1, 0.15) is 24.0 Å². The Morgan fingerprint density at radius 1 is 1.21 bits per heavy atom. The monoisotopic (exact) mass is 458 g/mol. The fourth-order valence-corrected chi connectivity index (χ4v) is 3.60. The fraction of sp³-hybridized carbons (Fsp3) is 0.273. The molecule has 1 atom stereocenters. The van der Waals surface area contributed by atoms with Crippen LogP contribution in [0.25, 0.3) is 11.3 Å². The van der Waals surface area contributed by atoms with Crippen molar-refractivity contribution in [2.24, 2.45) is 0 Å².